The number of hydrogen-bond acceptors (Lipinski definition) is 2. The van der Waals surface area contributed by atoms with Gasteiger partial charge in [-0.05, 0) is 25.0 Å². The van der Waals surface area contributed by atoms with Crippen molar-refractivity contribution in [1.29, 1.82) is 0 Å². The number of halogens is 2. The van der Waals surface area contributed by atoms with E-state index in [0.717, 1.165) is 17.3 Å². The van der Waals surface area contributed by atoms with E-state index in [1.165, 1.54) is 35.4 Å². The molecule has 1 aromatic carbocycles. The van der Waals surface area contributed by atoms with Crippen molar-refractivity contribution in [2.75, 3.05) is 5.33 Å². The molecule has 0 spiro atoms. The maximum Gasteiger partial charge on any atom is 0.0949 e. The Bertz CT molecular complexity index is 450. The highest BCUT2D eigenvalue weighted by Gasteiger charge is 2.09. The Labute approximate surface area is 129 Å². The molecule has 1 atom stereocenters. The van der Waals surface area contributed by atoms with E-state index < -0.39 is 0 Å². The van der Waals surface area contributed by atoms with Crippen molar-refractivity contribution < 1.29 is 0 Å². The van der Waals surface area contributed by atoms with Gasteiger partial charge < -0.3 is 0 Å². The van der Waals surface area contributed by atoms with E-state index in [9.17, 15) is 0 Å². The summed E-state index contributed by atoms with van der Waals surface area (Å²) in [5.41, 5.74) is 1.14. The highest BCUT2D eigenvalue weighted by Crippen LogP contribution is 2.25. The van der Waals surface area contributed by atoms with Crippen LogP contribution in [0.5, 0.6) is 0 Å². The molecule has 2 rings (SSSR count). The van der Waals surface area contributed by atoms with Crippen molar-refractivity contribution in [3.8, 4) is 0 Å². The highest BCUT2D eigenvalue weighted by molar-refractivity contribution is 9.09. The van der Waals surface area contributed by atoms with Gasteiger partial charge in [0.25, 0.3) is 0 Å². The van der Waals surface area contributed by atoms with Gasteiger partial charge in [-0.15, -0.1) is 11.3 Å². The van der Waals surface area contributed by atoms with E-state index in [1.807, 2.05) is 11.3 Å². The molecule has 4 heteroatoms. The van der Waals surface area contributed by atoms with Crippen LogP contribution in [-0.2, 0) is 6.42 Å². The first-order chi connectivity index (χ1) is 8.79. The van der Waals surface area contributed by atoms with Gasteiger partial charge in [-0.2, -0.15) is 0 Å². The third-order valence-electron chi connectivity index (χ3n) is 2.89. The van der Waals surface area contributed by atoms with Gasteiger partial charge in [0, 0.05) is 16.6 Å². The average molecular weight is 391 g/mol. The number of para-hydroxylation sites is 1. The van der Waals surface area contributed by atoms with Crippen molar-refractivity contribution in [2.45, 2.75) is 36.9 Å². The minimum atomic E-state index is 0.563. The van der Waals surface area contributed by atoms with Gasteiger partial charge >= 0.3 is 0 Å². The molecule has 1 aromatic heterocycles. The highest BCUT2D eigenvalue weighted by atomic mass is 79.9. The lowest BCUT2D eigenvalue weighted by Crippen LogP contribution is -2.02. The number of rotatable bonds is 7. The maximum atomic E-state index is 4.68. The lowest BCUT2D eigenvalue weighted by molar-refractivity contribution is 0.651. The van der Waals surface area contributed by atoms with Crippen LogP contribution in [0, 0.1) is 0 Å². The van der Waals surface area contributed by atoms with E-state index >= 15 is 0 Å². The van der Waals surface area contributed by atoms with Crippen LogP contribution >= 0.6 is 43.2 Å². The summed E-state index contributed by atoms with van der Waals surface area (Å²) in [6, 6.07) is 8.37. The molecule has 0 saturated carbocycles. The van der Waals surface area contributed by atoms with Crippen LogP contribution in [0.2, 0.25) is 0 Å². The minimum Gasteiger partial charge on any atom is -0.241 e. The van der Waals surface area contributed by atoms with Gasteiger partial charge in [-0.25, -0.2) is 4.98 Å². The summed E-state index contributed by atoms with van der Waals surface area (Å²) in [4.78, 5) is 5.24. The number of nitrogens with zero attached hydrogens (tertiary/aromatic N) is 1. The lowest BCUT2D eigenvalue weighted by atomic mass is 10.1. The second-order valence-corrected chi connectivity index (χ2v) is 7.62. The Morgan fingerprint density at radius 1 is 1.17 bits per heavy atom. The molecule has 0 amide bonds. The van der Waals surface area contributed by atoms with Crippen molar-refractivity contribution >= 4 is 53.4 Å². The first-order valence-electron chi connectivity index (χ1n) is 6.34. The van der Waals surface area contributed by atoms with Crippen molar-refractivity contribution in [2.24, 2.45) is 0 Å². The Hall–Kier alpha value is 0.0700. The van der Waals surface area contributed by atoms with Crippen LogP contribution in [0.3, 0.4) is 0 Å². The molecule has 1 nitrogen and oxygen atoms in total. The first kappa shape index (κ1) is 14.5. The van der Waals surface area contributed by atoms with Crippen LogP contribution in [0.1, 0.15) is 30.7 Å². The van der Waals surface area contributed by atoms with Crippen LogP contribution in [0.15, 0.2) is 24.3 Å². The number of hydrogen-bond donors (Lipinski definition) is 0. The van der Waals surface area contributed by atoms with E-state index in [0.29, 0.717) is 4.83 Å². The van der Waals surface area contributed by atoms with Crippen LogP contribution in [-0.4, -0.2) is 15.1 Å². The Morgan fingerprint density at radius 2 is 2.00 bits per heavy atom. The minimum absolute atomic E-state index is 0.563. The SMILES string of the molecule is BrCCCCCC(Br)Cc1nc2ccccc2s1. The normalized spacial score (nSPS) is 13.0. The number of benzene rings is 1. The smallest absolute Gasteiger partial charge is 0.0949 e. The molecule has 1 heterocycles. The summed E-state index contributed by atoms with van der Waals surface area (Å²) in [6.07, 6.45) is 6.18. The second kappa shape index (κ2) is 7.61. The topological polar surface area (TPSA) is 12.9 Å². The Morgan fingerprint density at radius 3 is 2.78 bits per heavy atom. The van der Waals surface area contributed by atoms with Gasteiger partial charge in [-0.1, -0.05) is 56.8 Å². The molecule has 0 saturated heterocycles. The van der Waals surface area contributed by atoms with Crippen LogP contribution in [0.25, 0.3) is 10.2 Å². The molecular weight excluding hydrogens is 374 g/mol. The van der Waals surface area contributed by atoms with E-state index in [2.05, 4.69) is 61.1 Å². The molecule has 0 N–H and O–H groups in total. The molecule has 1 unspecified atom stereocenters. The maximum absolute atomic E-state index is 4.68. The average Bonchev–Trinajstić information content (AvgIpc) is 2.76. The molecular formula is C14H17Br2NS. The summed E-state index contributed by atoms with van der Waals surface area (Å²) < 4.78 is 1.30. The third kappa shape index (κ3) is 4.32. The molecule has 0 bridgehead atoms. The van der Waals surface area contributed by atoms with E-state index in [4.69, 9.17) is 0 Å². The molecule has 98 valence electrons. The molecule has 0 aliphatic carbocycles. The zero-order chi connectivity index (χ0) is 12.8. The Kier molecular flexibility index (Phi) is 6.12. The van der Waals surface area contributed by atoms with Crippen molar-refractivity contribution in [3.05, 3.63) is 29.3 Å². The predicted octanol–water partition coefficient (Wildman–Crippen LogP) is 5.56. The van der Waals surface area contributed by atoms with Crippen molar-refractivity contribution in [1.82, 2.24) is 4.98 Å². The number of fused-ring (bicyclic) bond motifs is 1. The van der Waals surface area contributed by atoms with Gasteiger partial charge in [0.1, 0.15) is 0 Å². The van der Waals surface area contributed by atoms with Gasteiger partial charge in [0.2, 0.25) is 0 Å². The fourth-order valence-electron chi connectivity index (χ4n) is 1.94. The Balaban J connectivity index is 1.84. The van der Waals surface area contributed by atoms with Crippen molar-refractivity contribution in [3.63, 3.8) is 0 Å². The number of thiazole rings is 1. The molecule has 18 heavy (non-hydrogen) atoms. The second-order valence-electron chi connectivity index (χ2n) is 4.42. The molecule has 0 radical (unpaired) electrons. The summed E-state index contributed by atoms with van der Waals surface area (Å²) >= 11 is 9.07. The van der Waals surface area contributed by atoms with Gasteiger partial charge in [0.05, 0.1) is 15.2 Å². The number of aromatic nitrogens is 1. The fraction of sp³-hybridized carbons (Fsp3) is 0.500. The summed E-state index contributed by atoms with van der Waals surface area (Å²) in [7, 11) is 0. The quantitative estimate of drug-likeness (QED) is 0.445. The standard InChI is InChI=1S/C14H17Br2NS/c15-9-5-1-2-6-11(16)10-14-17-12-7-3-4-8-13(12)18-14/h3-4,7-8,11H,1-2,5-6,9-10H2. The van der Waals surface area contributed by atoms with E-state index in [1.54, 1.807) is 0 Å². The summed E-state index contributed by atoms with van der Waals surface area (Å²) in [5, 5.41) is 2.37. The fourth-order valence-corrected chi connectivity index (χ4v) is 4.22. The predicted molar refractivity (Wildman–Crippen MR) is 88.3 cm³/mol. The largest absolute Gasteiger partial charge is 0.241 e. The monoisotopic (exact) mass is 389 g/mol. The van der Waals surface area contributed by atoms with Gasteiger partial charge in [-0.3, -0.25) is 0 Å². The summed E-state index contributed by atoms with van der Waals surface area (Å²) in [6.45, 7) is 0. The number of alkyl halides is 2. The lowest BCUT2D eigenvalue weighted by Gasteiger charge is -2.06. The molecule has 0 aliphatic heterocycles. The van der Waals surface area contributed by atoms with Gasteiger partial charge in [0.15, 0.2) is 0 Å². The zero-order valence-electron chi connectivity index (χ0n) is 10.2. The molecule has 0 aliphatic rings. The summed E-state index contributed by atoms with van der Waals surface area (Å²) in [5.74, 6) is 0. The molecule has 0 fully saturated rings. The van der Waals surface area contributed by atoms with Crippen LogP contribution in [0.4, 0.5) is 0 Å². The van der Waals surface area contributed by atoms with Crippen LogP contribution < -0.4 is 0 Å². The third-order valence-corrected chi connectivity index (χ3v) is 5.29. The first-order valence-corrected chi connectivity index (χ1v) is 9.19. The number of unbranched alkanes of at least 4 members (excludes halogenated alkanes) is 2. The zero-order valence-corrected chi connectivity index (χ0v) is 14.2. The molecule has 2 aromatic rings. The van der Waals surface area contributed by atoms with E-state index in [-0.39, 0.29) is 0 Å².